The smallest absolute Gasteiger partial charge is 0.333 e. The number of hydrogen-bond donors (Lipinski definition) is 2. The molecule has 0 aromatic heterocycles. The van der Waals surface area contributed by atoms with Crippen LogP contribution in [0.5, 0.6) is 5.75 Å². The van der Waals surface area contributed by atoms with Crippen LogP contribution in [-0.2, 0) is 20.0 Å². The lowest BCUT2D eigenvalue weighted by molar-refractivity contribution is 0.211. The lowest BCUT2D eigenvalue weighted by Gasteiger charge is -2.25. The molecule has 3 N–H and O–H groups in total. The molecule has 5 nitrogen and oxygen atoms in total. The van der Waals surface area contributed by atoms with Crippen LogP contribution in [0.4, 0.5) is 0 Å². The third-order valence-electron chi connectivity index (χ3n) is 3.24. The van der Waals surface area contributed by atoms with Gasteiger partial charge in [-0.05, 0) is 44.4 Å². The van der Waals surface area contributed by atoms with E-state index in [1.54, 1.807) is 26.0 Å². The van der Waals surface area contributed by atoms with Gasteiger partial charge in [0, 0.05) is 6.04 Å². The molecule has 0 aliphatic heterocycles. The molecular formula is C15H26NO4P. The molecule has 120 valence electrons. The van der Waals surface area contributed by atoms with Gasteiger partial charge in [-0.2, -0.15) is 0 Å². The van der Waals surface area contributed by atoms with Crippen molar-refractivity contribution in [3.8, 4) is 5.75 Å². The van der Waals surface area contributed by atoms with Gasteiger partial charge in [0.05, 0.1) is 18.9 Å². The van der Waals surface area contributed by atoms with Crippen molar-refractivity contribution in [3.05, 3.63) is 29.8 Å². The van der Waals surface area contributed by atoms with Crippen molar-refractivity contribution in [2.45, 2.75) is 45.3 Å². The molecule has 0 radical (unpaired) electrons. The second kappa shape index (κ2) is 8.54. The monoisotopic (exact) mass is 315 g/mol. The Hall–Kier alpha value is -0.870. The van der Waals surface area contributed by atoms with E-state index in [9.17, 15) is 9.67 Å². The molecule has 6 heteroatoms. The van der Waals surface area contributed by atoms with Gasteiger partial charge in [-0.25, -0.2) is 0 Å². The number of phenols is 1. The zero-order valence-corrected chi connectivity index (χ0v) is 13.9. The fraction of sp³-hybridized carbons (Fsp3) is 0.600. The first-order valence-corrected chi connectivity index (χ1v) is 8.94. The Labute approximate surface area is 127 Å². The molecule has 2 atom stereocenters. The van der Waals surface area contributed by atoms with Crippen molar-refractivity contribution in [2.24, 2.45) is 5.73 Å². The van der Waals surface area contributed by atoms with E-state index in [2.05, 4.69) is 0 Å². The molecule has 0 aliphatic rings. The minimum atomic E-state index is -3.10. The highest BCUT2D eigenvalue weighted by Crippen LogP contribution is 2.54. The molecule has 0 fully saturated rings. The predicted octanol–water partition coefficient (Wildman–Crippen LogP) is 3.31. The third kappa shape index (κ3) is 5.79. The van der Waals surface area contributed by atoms with E-state index < -0.39 is 7.60 Å². The van der Waals surface area contributed by atoms with Gasteiger partial charge in [0.2, 0.25) is 0 Å². The second-order valence-corrected chi connectivity index (χ2v) is 7.57. The van der Waals surface area contributed by atoms with Gasteiger partial charge in [-0.1, -0.05) is 19.1 Å². The number of hydrogen-bond acceptors (Lipinski definition) is 5. The normalized spacial score (nSPS) is 14.9. The molecule has 21 heavy (non-hydrogen) atoms. The van der Waals surface area contributed by atoms with Crippen LogP contribution < -0.4 is 5.73 Å². The molecule has 0 bridgehead atoms. The van der Waals surface area contributed by atoms with E-state index in [-0.39, 0.29) is 17.5 Å². The summed E-state index contributed by atoms with van der Waals surface area (Å²) in [6, 6.07) is 6.81. The molecule has 0 spiro atoms. The number of aromatic hydroxyl groups is 1. The number of phenolic OH excluding ortho intramolecular Hbond substituents is 1. The first kappa shape index (κ1) is 18.2. The van der Waals surface area contributed by atoms with Gasteiger partial charge in [0.25, 0.3) is 0 Å². The van der Waals surface area contributed by atoms with Crippen LogP contribution >= 0.6 is 7.60 Å². The lowest BCUT2D eigenvalue weighted by atomic mass is 10.0. The third-order valence-corrected chi connectivity index (χ3v) is 5.76. The average molecular weight is 315 g/mol. The van der Waals surface area contributed by atoms with Gasteiger partial charge < -0.3 is 19.9 Å². The van der Waals surface area contributed by atoms with E-state index in [1.807, 2.05) is 19.1 Å². The molecule has 1 rings (SSSR count). The highest BCUT2D eigenvalue weighted by atomic mass is 31.2. The van der Waals surface area contributed by atoms with Gasteiger partial charge in [-0.3, -0.25) is 4.57 Å². The predicted molar refractivity (Wildman–Crippen MR) is 84.7 cm³/mol. The zero-order chi connectivity index (χ0) is 15.9. The maximum atomic E-state index is 12.6. The summed E-state index contributed by atoms with van der Waals surface area (Å²) >= 11 is 0. The van der Waals surface area contributed by atoms with Crippen molar-refractivity contribution in [1.82, 2.24) is 0 Å². The van der Waals surface area contributed by atoms with Gasteiger partial charge in [0.1, 0.15) is 5.75 Å². The Morgan fingerprint density at radius 2 is 1.71 bits per heavy atom. The van der Waals surface area contributed by atoms with Crippen molar-refractivity contribution < 1.29 is 18.7 Å². The van der Waals surface area contributed by atoms with Crippen LogP contribution in [0.2, 0.25) is 0 Å². The summed E-state index contributed by atoms with van der Waals surface area (Å²) in [5, 5.41) is 9.26. The fourth-order valence-electron chi connectivity index (χ4n) is 2.24. The minimum absolute atomic E-state index is 0.140. The Bertz CT molecular complexity index is 453. The van der Waals surface area contributed by atoms with Crippen LogP contribution in [0, 0.1) is 0 Å². The number of nitrogens with two attached hydrogens (primary N) is 1. The van der Waals surface area contributed by atoms with Crippen LogP contribution in [0.25, 0.3) is 0 Å². The molecule has 0 saturated carbocycles. The van der Waals surface area contributed by atoms with Crippen LogP contribution in [-0.4, -0.2) is 30.0 Å². The molecular weight excluding hydrogens is 289 g/mol. The van der Waals surface area contributed by atoms with Gasteiger partial charge in [0.15, 0.2) is 0 Å². The summed E-state index contributed by atoms with van der Waals surface area (Å²) < 4.78 is 23.3. The largest absolute Gasteiger partial charge is 0.508 e. The van der Waals surface area contributed by atoms with E-state index in [1.165, 1.54) is 0 Å². The van der Waals surface area contributed by atoms with Crippen molar-refractivity contribution in [3.63, 3.8) is 0 Å². The van der Waals surface area contributed by atoms with Crippen LogP contribution in [0.15, 0.2) is 24.3 Å². The summed E-state index contributed by atoms with van der Waals surface area (Å²) in [6.45, 7) is 6.16. The van der Waals surface area contributed by atoms with E-state index in [0.717, 1.165) is 5.56 Å². The summed E-state index contributed by atoms with van der Waals surface area (Å²) in [5.41, 5.74) is 6.93. The van der Waals surface area contributed by atoms with E-state index in [4.69, 9.17) is 14.8 Å². The maximum Gasteiger partial charge on any atom is 0.333 e. The maximum absolute atomic E-state index is 12.6. The Kier molecular flexibility index (Phi) is 7.40. The molecule has 0 aliphatic carbocycles. The highest BCUT2D eigenvalue weighted by Gasteiger charge is 2.32. The summed E-state index contributed by atoms with van der Waals surface area (Å²) in [5.74, 6) is 0.234. The van der Waals surface area contributed by atoms with Crippen LogP contribution in [0.3, 0.4) is 0 Å². The number of rotatable bonds is 9. The highest BCUT2D eigenvalue weighted by molar-refractivity contribution is 7.54. The first-order valence-electron chi connectivity index (χ1n) is 7.33. The van der Waals surface area contributed by atoms with E-state index >= 15 is 0 Å². The molecule has 1 aromatic rings. The van der Waals surface area contributed by atoms with Crippen molar-refractivity contribution in [2.75, 3.05) is 13.2 Å². The Morgan fingerprint density at radius 1 is 1.19 bits per heavy atom. The average Bonchev–Trinajstić information content (AvgIpc) is 2.42. The molecule has 0 saturated heterocycles. The second-order valence-electron chi connectivity index (χ2n) is 5.09. The van der Waals surface area contributed by atoms with Crippen molar-refractivity contribution in [1.29, 1.82) is 0 Å². The molecule has 0 heterocycles. The summed E-state index contributed by atoms with van der Waals surface area (Å²) in [4.78, 5) is 0. The van der Waals surface area contributed by atoms with Crippen molar-refractivity contribution >= 4 is 7.60 Å². The molecule has 0 amide bonds. The Morgan fingerprint density at radius 3 is 2.19 bits per heavy atom. The number of benzene rings is 1. The van der Waals surface area contributed by atoms with Gasteiger partial charge >= 0.3 is 7.60 Å². The quantitative estimate of drug-likeness (QED) is 0.683. The Balaban J connectivity index is 2.61. The SMILES string of the molecule is CCOP(=O)(OCC)C(C)C[C@H](N)Cc1ccc(O)cc1. The molecule has 1 unspecified atom stereocenters. The van der Waals surface area contributed by atoms with E-state index in [0.29, 0.717) is 26.1 Å². The lowest BCUT2D eigenvalue weighted by Crippen LogP contribution is -2.28. The molecule has 1 aromatic carbocycles. The minimum Gasteiger partial charge on any atom is -0.508 e. The van der Waals surface area contributed by atoms with Crippen LogP contribution in [0.1, 0.15) is 32.8 Å². The first-order chi connectivity index (χ1) is 9.91. The fourth-order valence-corrected chi connectivity index (χ4v) is 4.07. The zero-order valence-electron chi connectivity index (χ0n) is 13.0. The summed E-state index contributed by atoms with van der Waals surface area (Å²) in [7, 11) is -3.10. The topological polar surface area (TPSA) is 81.8 Å². The van der Waals surface area contributed by atoms with Gasteiger partial charge in [-0.15, -0.1) is 0 Å². The standard InChI is InChI=1S/C15H26NO4P/c1-4-19-21(18,20-5-2)12(3)10-14(16)11-13-6-8-15(17)9-7-13/h6-9,12,14,17H,4-5,10-11,16H2,1-3H3/t12?,14-/m0/s1. The summed E-state index contributed by atoms with van der Waals surface area (Å²) in [6.07, 6.45) is 1.21.